The van der Waals surface area contributed by atoms with E-state index in [0.717, 1.165) is 31.6 Å². The molecule has 1 heterocycles. The summed E-state index contributed by atoms with van der Waals surface area (Å²) >= 11 is 4.16. The third-order valence-corrected chi connectivity index (χ3v) is 2.80. The molecule has 0 saturated carbocycles. The van der Waals surface area contributed by atoms with E-state index in [1.54, 1.807) is 9.13 Å². The molecule has 0 aliphatic rings. The standard InChI is InChI=1S/C11H20N2OS/c1-10(2)13-8-7-12(11(13)14)6-4-3-5-9-15/h7-8,10,15H,3-6,9H2,1-2H3. The van der Waals surface area contributed by atoms with Crippen LogP contribution in [0.4, 0.5) is 0 Å². The first-order chi connectivity index (χ1) is 7.16. The van der Waals surface area contributed by atoms with Crippen molar-refractivity contribution < 1.29 is 0 Å². The zero-order chi connectivity index (χ0) is 11.3. The molecular weight excluding hydrogens is 208 g/mol. The van der Waals surface area contributed by atoms with Gasteiger partial charge in [0.15, 0.2) is 0 Å². The highest BCUT2D eigenvalue weighted by molar-refractivity contribution is 7.80. The Kier molecular flexibility index (Phi) is 5.02. The number of thiol groups is 1. The number of unbranched alkanes of at least 4 members (excludes halogenated alkanes) is 2. The van der Waals surface area contributed by atoms with Crippen LogP contribution < -0.4 is 5.69 Å². The van der Waals surface area contributed by atoms with E-state index in [-0.39, 0.29) is 11.7 Å². The van der Waals surface area contributed by atoms with Gasteiger partial charge >= 0.3 is 5.69 Å². The minimum Gasteiger partial charge on any atom is -0.299 e. The Morgan fingerprint density at radius 1 is 1.27 bits per heavy atom. The van der Waals surface area contributed by atoms with Gasteiger partial charge in [0.25, 0.3) is 0 Å². The maximum absolute atomic E-state index is 11.8. The molecule has 0 unspecified atom stereocenters. The van der Waals surface area contributed by atoms with E-state index in [0.29, 0.717) is 0 Å². The first-order valence-corrected chi connectivity index (χ1v) is 6.18. The van der Waals surface area contributed by atoms with Crippen LogP contribution in [0.25, 0.3) is 0 Å². The largest absolute Gasteiger partial charge is 0.328 e. The van der Waals surface area contributed by atoms with Crippen LogP contribution in [-0.4, -0.2) is 14.9 Å². The predicted octanol–water partition coefficient (Wildman–Crippen LogP) is 2.33. The number of aryl methyl sites for hydroxylation is 1. The molecule has 0 atom stereocenters. The second-order valence-electron chi connectivity index (χ2n) is 4.06. The van der Waals surface area contributed by atoms with Crippen LogP contribution in [0.15, 0.2) is 17.2 Å². The summed E-state index contributed by atoms with van der Waals surface area (Å²) in [6.07, 6.45) is 7.07. The highest BCUT2D eigenvalue weighted by Crippen LogP contribution is 2.02. The average molecular weight is 228 g/mol. The minimum atomic E-state index is 0.107. The summed E-state index contributed by atoms with van der Waals surface area (Å²) < 4.78 is 3.55. The fourth-order valence-electron chi connectivity index (χ4n) is 1.56. The lowest BCUT2D eigenvalue weighted by molar-refractivity contribution is 0.534. The van der Waals surface area contributed by atoms with Crippen LogP contribution >= 0.6 is 12.6 Å². The molecule has 0 aromatic carbocycles. The topological polar surface area (TPSA) is 26.9 Å². The highest BCUT2D eigenvalue weighted by atomic mass is 32.1. The van der Waals surface area contributed by atoms with E-state index < -0.39 is 0 Å². The number of aromatic nitrogens is 2. The van der Waals surface area contributed by atoms with Gasteiger partial charge in [0.2, 0.25) is 0 Å². The van der Waals surface area contributed by atoms with Gasteiger partial charge < -0.3 is 0 Å². The molecule has 1 aromatic heterocycles. The van der Waals surface area contributed by atoms with Crippen LogP contribution in [0.5, 0.6) is 0 Å². The van der Waals surface area contributed by atoms with Gasteiger partial charge in [0.1, 0.15) is 0 Å². The van der Waals surface area contributed by atoms with Gasteiger partial charge in [-0.2, -0.15) is 12.6 Å². The summed E-state index contributed by atoms with van der Waals surface area (Å²) in [6.45, 7) is 4.87. The predicted molar refractivity (Wildman–Crippen MR) is 66.8 cm³/mol. The quantitative estimate of drug-likeness (QED) is 0.587. The van der Waals surface area contributed by atoms with Crippen LogP contribution in [0.3, 0.4) is 0 Å². The van der Waals surface area contributed by atoms with Crippen LogP contribution in [0.2, 0.25) is 0 Å². The lowest BCUT2D eigenvalue weighted by atomic mass is 10.2. The molecule has 0 spiro atoms. The summed E-state index contributed by atoms with van der Waals surface area (Å²) in [4.78, 5) is 11.8. The van der Waals surface area contributed by atoms with E-state index >= 15 is 0 Å². The maximum atomic E-state index is 11.8. The molecule has 1 rings (SSSR count). The van der Waals surface area contributed by atoms with Crippen molar-refractivity contribution in [2.24, 2.45) is 0 Å². The van der Waals surface area contributed by atoms with E-state index in [9.17, 15) is 4.79 Å². The van der Waals surface area contributed by atoms with Gasteiger partial charge in [-0.15, -0.1) is 0 Å². The van der Waals surface area contributed by atoms with Crippen molar-refractivity contribution in [3.8, 4) is 0 Å². The van der Waals surface area contributed by atoms with Crippen molar-refractivity contribution in [3.05, 3.63) is 22.9 Å². The molecule has 0 fully saturated rings. The van der Waals surface area contributed by atoms with Gasteiger partial charge in [-0.1, -0.05) is 6.42 Å². The number of nitrogens with zero attached hydrogens (tertiary/aromatic N) is 2. The molecule has 0 amide bonds. The van der Waals surface area contributed by atoms with Crippen molar-refractivity contribution in [1.29, 1.82) is 0 Å². The summed E-state index contributed by atoms with van der Waals surface area (Å²) in [5, 5.41) is 0. The Hall–Kier alpha value is -0.640. The Morgan fingerprint density at radius 2 is 2.00 bits per heavy atom. The summed E-state index contributed by atoms with van der Waals surface area (Å²) in [7, 11) is 0. The molecule has 0 radical (unpaired) electrons. The Morgan fingerprint density at radius 3 is 2.53 bits per heavy atom. The van der Waals surface area contributed by atoms with Gasteiger partial charge in [-0.05, 0) is 32.4 Å². The first kappa shape index (κ1) is 12.4. The second kappa shape index (κ2) is 6.05. The van der Waals surface area contributed by atoms with E-state index in [1.165, 1.54) is 0 Å². The van der Waals surface area contributed by atoms with Crippen molar-refractivity contribution in [2.75, 3.05) is 5.75 Å². The molecule has 0 N–H and O–H groups in total. The third kappa shape index (κ3) is 3.45. The number of rotatable bonds is 6. The summed E-state index contributed by atoms with van der Waals surface area (Å²) in [5.41, 5.74) is 0.107. The fourth-order valence-corrected chi connectivity index (χ4v) is 1.79. The number of hydrogen-bond acceptors (Lipinski definition) is 2. The Bertz CT molecular complexity index is 341. The molecular formula is C11H20N2OS. The zero-order valence-corrected chi connectivity index (χ0v) is 10.4. The number of imidazole rings is 1. The smallest absolute Gasteiger partial charge is 0.299 e. The van der Waals surface area contributed by atoms with Crippen molar-refractivity contribution in [2.45, 2.75) is 45.7 Å². The highest BCUT2D eigenvalue weighted by Gasteiger charge is 2.04. The van der Waals surface area contributed by atoms with Gasteiger partial charge in [0, 0.05) is 25.0 Å². The Labute approximate surface area is 96.5 Å². The van der Waals surface area contributed by atoms with Gasteiger partial charge in [-0.3, -0.25) is 9.13 Å². The molecule has 0 bridgehead atoms. The van der Waals surface area contributed by atoms with Crippen molar-refractivity contribution in [1.82, 2.24) is 9.13 Å². The average Bonchev–Trinajstić information content (AvgIpc) is 2.55. The zero-order valence-electron chi connectivity index (χ0n) is 9.52. The van der Waals surface area contributed by atoms with Crippen molar-refractivity contribution >= 4 is 12.6 Å². The summed E-state index contributed by atoms with van der Waals surface area (Å²) in [6, 6.07) is 0.246. The summed E-state index contributed by atoms with van der Waals surface area (Å²) in [5.74, 6) is 0.932. The molecule has 3 nitrogen and oxygen atoms in total. The molecule has 15 heavy (non-hydrogen) atoms. The first-order valence-electron chi connectivity index (χ1n) is 5.55. The van der Waals surface area contributed by atoms with Crippen LogP contribution in [0, 0.1) is 0 Å². The number of hydrogen-bond donors (Lipinski definition) is 1. The molecule has 0 saturated heterocycles. The SMILES string of the molecule is CC(C)n1ccn(CCCCCS)c1=O. The normalized spacial score (nSPS) is 11.2. The minimum absolute atomic E-state index is 0.107. The Balaban J connectivity index is 2.52. The second-order valence-corrected chi connectivity index (χ2v) is 4.51. The van der Waals surface area contributed by atoms with E-state index in [1.807, 2.05) is 26.2 Å². The lowest BCUT2D eigenvalue weighted by Gasteiger charge is -2.04. The van der Waals surface area contributed by atoms with E-state index in [2.05, 4.69) is 12.6 Å². The lowest BCUT2D eigenvalue weighted by Crippen LogP contribution is -2.25. The third-order valence-electron chi connectivity index (χ3n) is 2.49. The maximum Gasteiger partial charge on any atom is 0.328 e. The monoisotopic (exact) mass is 228 g/mol. The molecule has 0 aliphatic heterocycles. The van der Waals surface area contributed by atoms with Crippen LogP contribution in [-0.2, 0) is 6.54 Å². The van der Waals surface area contributed by atoms with E-state index in [4.69, 9.17) is 0 Å². The molecule has 1 aromatic rings. The molecule has 0 aliphatic carbocycles. The van der Waals surface area contributed by atoms with Gasteiger partial charge in [0.05, 0.1) is 0 Å². The molecule has 4 heteroatoms. The van der Waals surface area contributed by atoms with Crippen molar-refractivity contribution in [3.63, 3.8) is 0 Å². The molecule has 86 valence electrons. The van der Waals surface area contributed by atoms with Gasteiger partial charge in [-0.25, -0.2) is 4.79 Å². The fraction of sp³-hybridized carbons (Fsp3) is 0.727. The van der Waals surface area contributed by atoms with Crippen LogP contribution in [0.1, 0.15) is 39.2 Å².